The summed E-state index contributed by atoms with van der Waals surface area (Å²) < 4.78 is 0.828. The molecule has 130 valence electrons. The number of benzene rings is 2. The van der Waals surface area contributed by atoms with Crippen molar-refractivity contribution < 1.29 is 9.59 Å². The summed E-state index contributed by atoms with van der Waals surface area (Å²) in [7, 11) is 0. The zero-order valence-electron chi connectivity index (χ0n) is 13.4. The van der Waals surface area contributed by atoms with Gasteiger partial charge in [-0.3, -0.25) is 9.59 Å². The van der Waals surface area contributed by atoms with Gasteiger partial charge in [0.1, 0.15) is 0 Å². The molecule has 0 spiro atoms. The normalized spacial score (nSPS) is 17.0. The van der Waals surface area contributed by atoms with Gasteiger partial charge in [0.15, 0.2) is 0 Å². The van der Waals surface area contributed by atoms with Crippen LogP contribution in [0.25, 0.3) is 0 Å². The van der Waals surface area contributed by atoms with Gasteiger partial charge in [-0.25, -0.2) is 0 Å². The van der Waals surface area contributed by atoms with Crippen LogP contribution in [0.4, 0.5) is 11.4 Å². The van der Waals surface area contributed by atoms with Gasteiger partial charge in [-0.1, -0.05) is 45.2 Å². The zero-order chi connectivity index (χ0) is 18.1. The van der Waals surface area contributed by atoms with Gasteiger partial charge in [-0.05, 0) is 42.8 Å². The summed E-state index contributed by atoms with van der Waals surface area (Å²) in [6.45, 7) is 2.18. The summed E-state index contributed by atoms with van der Waals surface area (Å²) in [5.74, 6) is -0.752. The Morgan fingerprint density at radius 2 is 2.00 bits per heavy atom. The lowest BCUT2D eigenvalue weighted by Gasteiger charge is -2.19. The van der Waals surface area contributed by atoms with Gasteiger partial charge in [0, 0.05) is 28.1 Å². The van der Waals surface area contributed by atoms with Crippen molar-refractivity contribution in [2.24, 2.45) is 5.92 Å². The van der Waals surface area contributed by atoms with Crippen LogP contribution in [0, 0.1) is 12.8 Å². The first-order valence-corrected chi connectivity index (χ1v) is 9.23. The van der Waals surface area contributed by atoms with Gasteiger partial charge in [-0.2, -0.15) is 0 Å². The van der Waals surface area contributed by atoms with E-state index in [9.17, 15) is 9.59 Å². The predicted octanol–water partition coefficient (Wildman–Crippen LogP) is 5.06. The summed E-state index contributed by atoms with van der Waals surface area (Å²) >= 11 is 15.6. The first-order valence-electron chi connectivity index (χ1n) is 7.68. The molecule has 4 nitrogen and oxygen atoms in total. The van der Waals surface area contributed by atoms with Gasteiger partial charge in [0.25, 0.3) is 0 Å². The number of hydrogen-bond donors (Lipinski definition) is 1. The Kier molecular flexibility index (Phi) is 5.37. The Labute approximate surface area is 164 Å². The van der Waals surface area contributed by atoms with E-state index in [2.05, 4.69) is 21.2 Å². The summed E-state index contributed by atoms with van der Waals surface area (Å²) in [4.78, 5) is 26.5. The molecule has 1 fully saturated rings. The fourth-order valence-corrected chi connectivity index (χ4v) is 3.72. The SMILES string of the molecule is Cc1c(Cl)cccc1N1CC(C(=O)Nc2ccc(Br)cc2Cl)CC1=O. The molecular weight excluding hydrogens is 427 g/mol. The molecule has 0 saturated carbocycles. The molecule has 25 heavy (non-hydrogen) atoms. The second-order valence-electron chi connectivity index (χ2n) is 5.90. The van der Waals surface area contributed by atoms with Crippen molar-refractivity contribution in [1.82, 2.24) is 0 Å². The highest BCUT2D eigenvalue weighted by atomic mass is 79.9. The third kappa shape index (κ3) is 3.84. The van der Waals surface area contributed by atoms with E-state index in [0.717, 1.165) is 15.7 Å². The lowest BCUT2D eigenvalue weighted by Crippen LogP contribution is -2.28. The number of nitrogens with one attached hydrogen (secondary N) is 1. The van der Waals surface area contributed by atoms with E-state index in [-0.39, 0.29) is 18.2 Å². The van der Waals surface area contributed by atoms with Crippen LogP contribution in [-0.4, -0.2) is 18.4 Å². The van der Waals surface area contributed by atoms with Crippen LogP contribution < -0.4 is 10.2 Å². The number of amides is 2. The highest BCUT2D eigenvalue weighted by Crippen LogP contribution is 2.32. The highest BCUT2D eigenvalue weighted by molar-refractivity contribution is 9.10. The molecule has 1 unspecified atom stereocenters. The molecule has 1 aliphatic rings. The minimum atomic E-state index is -0.439. The van der Waals surface area contributed by atoms with Crippen molar-refractivity contribution in [2.75, 3.05) is 16.8 Å². The Hall–Kier alpha value is -1.56. The predicted molar refractivity (Wildman–Crippen MR) is 104 cm³/mol. The molecule has 0 radical (unpaired) electrons. The maximum absolute atomic E-state index is 12.5. The molecule has 1 N–H and O–H groups in total. The summed E-state index contributed by atoms with van der Waals surface area (Å²) in [5, 5.41) is 3.84. The number of anilines is 2. The summed E-state index contributed by atoms with van der Waals surface area (Å²) in [6.07, 6.45) is 0.159. The Morgan fingerprint density at radius 3 is 2.72 bits per heavy atom. The standard InChI is InChI=1S/C18H15BrCl2N2O2/c1-10-13(20)3-2-4-16(10)23-9-11(7-17(23)24)18(25)22-15-6-5-12(19)8-14(15)21/h2-6,8,11H,7,9H2,1H3,(H,22,25). The highest BCUT2D eigenvalue weighted by Gasteiger charge is 2.36. The van der Waals surface area contributed by atoms with Gasteiger partial charge in [0.05, 0.1) is 16.6 Å². The van der Waals surface area contributed by atoms with E-state index in [1.54, 1.807) is 35.2 Å². The lowest BCUT2D eigenvalue weighted by atomic mass is 10.1. The van der Waals surface area contributed by atoms with Crippen LogP contribution >= 0.6 is 39.1 Å². The Bertz CT molecular complexity index is 857. The molecule has 3 rings (SSSR count). The summed E-state index contributed by atoms with van der Waals surface area (Å²) in [6, 6.07) is 10.6. The first kappa shape index (κ1) is 18.2. The molecule has 1 heterocycles. The molecule has 0 aliphatic carbocycles. The van der Waals surface area contributed by atoms with Crippen molar-refractivity contribution >= 4 is 62.3 Å². The topological polar surface area (TPSA) is 49.4 Å². The number of halogens is 3. The number of nitrogens with zero attached hydrogens (tertiary/aromatic N) is 1. The fourth-order valence-electron chi connectivity index (χ4n) is 2.83. The number of carbonyl (C=O) groups excluding carboxylic acids is 2. The minimum absolute atomic E-state index is 0.0904. The molecule has 1 saturated heterocycles. The molecule has 0 bridgehead atoms. The third-order valence-electron chi connectivity index (χ3n) is 4.21. The first-order chi connectivity index (χ1) is 11.9. The van der Waals surface area contributed by atoms with Crippen molar-refractivity contribution in [3.8, 4) is 0 Å². The molecule has 1 atom stereocenters. The Morgan fingerprint density at radius 1 is 1.24 bits per heavy atom. The third-order valence-corrected chi connectivity index (χ3v) is 5.43. The minimum Gasteiger partial charge on any atom is -0.324 e. The van der Waals surface area contributed by atoms with Gasteiger partial charge < -0.3 is 10.2 Å². The number of rotatable bonds is 3. The second-order valence-corrected chi connectivity index (χ2v) is 7.63. The second kappa shape index (κ2) is 7.36. The maximum atomic E-state index is 12.5. The van der Waals surface area contributed by atoms with E-state index in [4.69, 9.17) is 23.2 Å². The van der Waals surface area contributed by atoms with Crippen molar-refractivity contribution in [3.63, 3.8) is 0 Å². The molecule has 1 aliphatic heterocycles. The van der Waals surface area contributed by atoms with E-state index < -0.39 is 5.92 Å². The largest absolute Gasteiger partial charge is 0.324 e. The van der Waals surface area contributed by atoms with Crippen LogP contribution in [0.5, 0.6) is 0 Å². The molecule has 2 amide bonds. The van der Waals surface area contributed by atoms with Crippen LogP contribution in [-0.2, 0) is 9.59 Å². The average Bonchev–Trinajstić information content (AvgIpc) is 2.94. The van der Waals surface area contributed by atoms with Crippen LogP contribution in [0.3, 0.4) is 0 Å². The molecule has 0 aromatic heterocycles. The quantitative estimate of drug-likeness (QED) is 0.723. The van der Waals surface area contributed by atoms with Crippen molar-refractivity contribution in [3.05, 3.63) is 56.5 Å². The lowest BCUT2D eigenvalue weighted by molar-refractivity contribution is -0.122. The van der Waals surface area contributed by atoms with Gasteiger partial charge >= 0.3 is 0 Å². The van der Waals surface area contributed by atoms with Crippen LogP contribution in [0.2, 0.25) is 10.0 Å². The number of hydrogen-bond acceptors (Lipinski definition) is 2. The maximum Gasteiger partial charge on any atom is 0.229 e. The van der Waals surface area contributed by atoms with Crippen LogP contribution in [0.1, 0.15) is 12.0 Å². The van der Waals surface area contributed by atoms with Gasteiger partial charge in [0.2, 0.25) is 11.8 Å². The van der Waals surface area contributed by atoms with E-state index in [1.165, 1.54) is 0 Å². The Balaban J connectivity index is 1.75. The van der Waals surface area contributed by atoms with Crippen molar-refractivity contribution in [1.29, 1.82) is 0 Å². The smallest absolute Gasteiger partial charge is 0.229 e. The molecule has 2 aromatic carbocycles. The van der Waals surface area contributed by atoms with E-state index in [0.29, 0.717) is 22.3 Å². The average molecular weight is 442 g/mol. The molecular formula is C18H15BrCl2N2O2. The van der Waals surface area contributed by atoms with Crippen molar-refractivity contribution in [2.45, 2.75) is 13.3 Å². The number of carbonyl (C=O) groups is 2. The fraction of sp³-hybridized carbons (Fsp3) is 0.222. The molecule has 2 aromatic rings. The molecule has 7 heteroatoms. The van der Waals surface area contributed by atoms with E-state index >= 15 is 0 Å². The monoisotopic (exact) mass is 440 g/mol. The van der Waals surface area contributed by atoms with Crippen LogP contribution in [0.15, 0.2) is 40.9 Å². The van der Waals surface area contributed by atoms with E-state index in [1.807, 2.05) is 13.0 Å². The zero-order valence-corrected chi connectivity index (χ0v) is 16.5. The summed E-state index contributed by atoms with van der Waals surface area (Å²) in [5.41, 5.74) is 2.10. The van der Waals surface area contributed by atoms with Gasteiger partial charge in [-0.15, -0.1) is 0 Å².